The van der Waals surface area contributed by atoms with E-state index < -0.39 is 0 Å². The van der Waals surface area contributed by atoms with Crippen LogP contribution in [0.5, 0.6) is 0 Å². The second-order valence-corrected chi connectivity index (χ2v) is 7.23. The summed E-state index contributed by atoms with van der Waals surface area (Å²) in [5.41, 5.74) is 1.50. The monoisotopic (exact) mass is 262 g/mol. The SMILES string of the molecule is CC(C)(C)NCc1occc1CN1CC2CCC1C2. The predicted molar refractivity (Wildman–Crippen MR) is 76.8 cm³/mol. The highest BCUT2D eigenvalue weighted by Gasteiger charge is 2.37. The number of fused-ring (bicyclic) bond motifs is 2. The number of rotatable bonds is 4. The Morgan fingerprint density at radius 1 is 1.37 bits per heavy atom. The number of likely N-dealkylation sites (tertiary alicyclic amines) is 1. The Bertz CT molecular complexity index is 432. The van der Waals surface area contributed by atoms with Crippen LogP contribution in [-0.4, -0.2) is 23.0 Å². The van der Waals surface area contributed by atoms with Crippen molar-refractivity contribution in [3.63, 3.8) is 0 Å². The van der Waals surface area contributed by atoms with E-state index in [1.807, 2.05) is 6.26 Å². The van der Waals surface area contributed by atoms with E-state index in [9.17, 15) is 0 Å². The normalized spacial score (nSPS) is 27.3. The molecule has 0 radical (unpaired) electrons. The van der Waals surface area contributed by atoms with Crippen molar-refractivity contribution >= 4 is 0 Å². The summed E-state index contributed by atoms with van der Waals surface area (Å²) in [6.07, 6.45) is 6.11. The van der Waals surface area contributed by atoms with Gasteiger partial charge < -0.3 is 9.73 Å². The predicted octanol–water partition coefficient (Wildman–Crippen LogP) is 3.15. The lowest BCUT2D eigenvalue weighted by molar-refractivity contribution is 0.203. The molecule has 1 saturated carbocycles. The molecule has 1 N–H and O–H groups in total. The molecule has 1 aliphatic heterocycles. The fraction of sp³-hybridized carbons (Fsp3) is 0.750. The van der Waals surface area contributed by atoms with E-state index in [2.05, 4.69) is 37.1 Å². The molecular formula is C16H26N2O. The number of furan rings is 1. The maximum atomic E-state index is 5.66. The van der Waals surface area contributed by atoms with Crippen LogP contribution < -0.4 is 5.32 Å². The molecule has 3 nitrogen and oxygen atoms in total. The fourth-order valence-corrected chi connectivity index (χ4v) is 3.45. The molecule has 1 aromatic rings. The molecule has 2 heterocycles. The first-order valence-corrected chi connectivity index (χ1v) is 7.55. The summed E-state index contributed by atoms with van der Waals surface area (Å²) in [4.78, 5) is 2.65. The van der Waals surface area contributed by atoms with Crippen molar-refractivity contribution in [2.24, 2.45) is 5.92 Å². The molecule has 2 aliphatic rings. The first-order chi connectivity index (χ1) is 9.01. The molecule has 1 aliphatic carbocycles. The van der Waals surface area contributed by atoms with Crippen molar-refractivity contribution in [1.82, 2.24) is 10.2 Å². The molecular weight excluding hydrogens is 236 g/mol. The van der Waals surface area contributed by atoms with Gasteiger partial charge in [-0.2, -0.15) is 0 Å². The van der Waals surface area contributed by atoms with Crippen molar-refractivity contribution in [2.75, 3.05) is 6.54 Å². The Labute approximate surface area is 116 Å². The van der Waals surface area contributed by atoms with E-state index in [4.69, 9.17) is 4.42 Å². The fourth-order valence-electron chi connectivity index (χ4n) is 3.45. The summed E-state index contributed by atoms with van der Waals surface area (Å²) in [5.74, 6) is 2.07. The zero-order chi connectivity index (χ0) is 13.5. The highest BCUT2D eigenvalue weighted by atomic mass is 16.3. The number of hydrogen-bond donors (Lipinski definition) is 1. The number of nitrogens with one attached hydrogen (secondary N) is 1. The lowest BCUT2D eigenvalue weighted by atomic mass is 10.1. The molecule has 106 valence electrons. The Morgan fingerprint density at radius 3 is 2.84 bits per heavy atom. The zero-order valence-electron chi connectivity index (χ0n) is 12.4. The van der Waals surface area contributed by atoms with Crippen molar-refractivity contribution in [3.8, 4) is 0 Å². The number of hydrogen-bond acceptors (Lipinski definition) is 3. The van der Waals surface area contributed by atoms with Gasteiger partial charge >= 0.3 is 0 Å². The molecule has 2 atom stereocenters. The van der Waals surface area contributed by atoms with Crippen molar-refractivity contribution in [2.45, 2.75) is 64.7 Å². The maximum absolute atomic E-state index is 5.66. The first-order valence-electron chi connectivity index (χ1n) is 7.55. The third-order valence-electron chi connectivity index (χ3n) is 4.51. The molecule has 19 heavy (non-hydrogen) atoms. The molecule has 0 amide bonds. The van der Waals surface area contributed by atoms with Gasteiger partial charge in [0.25, 0.3) is 0 Å². The van der Waals surface area contributed by atoms with Gasteiger partial charge in [0, 0.05) is 30.2 Å². The van der Waals surface area contributed by atoms with Crippen LogP contribution in [0.2, 0.25) is 0 Å². The number of piperidine rings is 1. The molecule has 2 fully saturated rings. The Balaban J connectivity index is 1.61. The highest BCUT2D eigenvalue weighted by Crippen LogP contribution is 2.38. The van der Waals surface area contributed by atoms with Gasteiger partial charge in [0.1, 0.15) is 5.76 Å². The lowest BCUT2D eigenvalue weighted by Gasteiger charge is -2.27. The topological polar surface area (TPSA) is 28.4 Å². The van der Waals surface area contributed by atoms with Crippen molar-refractivity contribution in [3.05, 3.63) is 23.7 Å². The van der Waals surface area contributed by atoms with Crippen LogP contribution in [0.15, 0.2) is 16.7 Å². The van der Waals surface area contributed by atoms with Gasteiger partial charge in [-0.25, -0.2) is 0 Å². The second kappa shape index (κ2) is 4.95. The van der Waals surface area contributed by atoms with Gasteiger partial charge in [-0.1, -0.05) is 0 Å². The summed E-state index contributed by atoms with van der Waals surface area (Å²) in [5, 5.41) is 3.51. The van der Waals surface area contributed by atoms with Gasteiger partial charge in [-0.3, -0.25) is 4.90 Å². The smallest absolute Gasteiger partial charge is 0.122 e. The van der Waals surface area contributed by atoms with Crippen LogP contribution in [0, 0.1) is 5.92 Å². The van der Waals surface area contributed by atoms with E-state index in [-0.39, 0.29) is 5.54 Å². The molecule has 1 saturated heterocycles. The Hall–Kier alpha value is -0.800. The van der Waals surface area contributed by atoms with Crippen molar-refractivity contribution in [1.29, 1.82) is 0 Å². The van der Waals surface area contributed by atoms with Crippen LogP contribution >= 0.6 is 0 Å². The number of nitrogens with zero attached hydrogens (tertiary/aromatic N) is 1. The van der Waals surface area contributed by atoms with Crippen LogP contribution in [0.3, 0.4) is 0 Å². The molecule has 3 rings (SSSR count). The van der Waals surface area contributed by atoms with Gasteiger partial charge in [-0.15, -0.1) is 0 Å². The summed E-state index contributed by atoms with van der Waals surface area (Å²) in [6, 6.07) is 2.98. The minimum Gasteiger partial charge on any atom is -0.468 e. The van der Waals surface area contributed by atoms with E-state index in [0.29, 0.717) is 0 Å². The quantitative estimate of drug-likeness (QED) is 0.903. The molecule has 0 aromatic carbocycles. The first kappa shape index (κ1) is 13.2. The van der Waals surface area contributed by atoms with Gasteiger partial charge in [0.15, 0.2) is 0 Å². The van der Waals surface area contributed by atoms with Gasteiger partial charge in [0.2, 0.25) is 0 Å². The Morgan fingerprint density at radius 2 is 2.21 bits per heavy atom. The van der Waals surface area contributed by atoms with E-state index in [0.717, 1.165) is 30.8 Å². The lowest BCUT2D eigenvalue weighted by Crippen LogP contribution is -2.35. The van der Waals surface area contributed by atoms with Gasteiger partial charge in [-0.05, 0) is 52.0 Å². The van der Waals surface area contributed by atoms with Crippen molar-refractivity contribution < 1.29 is 4.42 Å². The summed E-state index contributed by atoms with van der Waals surface area (Å²) >= 11 is 0. The molecule has 1 aromatic heterocycles. The van der Waals surface area contributed by atoms with Crippen LogP contribution in [0.1, 0.15) is 51.4 Å². The van der Waals surface area contributed by atoms with Crippen LogP contribution in [-0.2, 0) is 13.1 Å². The highest BCUT2D eigenvalue weighted by molar-refractivity contribution is 5.18. The van der Waals surface area contributed by atoms with E-state index in [1.165, 1.54) is 31.4 Å². The molecule has 0 spiro atoms. The summed E-state index contributed by atoms with van der Waals surface area (Å²) < 4.78 is 5.66. The van der Waals surface area contributed by atoms with Crippen LogP contribution in [0.4, 0.5) is 0 Å². The minimum absolute atomic E-state index is 0.136. The minimum atomic E-state index is 0.136. The average molecular weight is 262 g/mol. The summed E-state index contributed by atoms with van der Waals surface area (Å²) in [6.45, 7) is 9.76. The average Bonchev–Trinajstić information content (AvgIpc) is 3.01. The molecule has 2 unspecified atom stereocenters. The maximum Gasteiger partial charge on any atom is 0.122 e. The summed E-state index contributed by atoms with van der Waals surface area (Å²) in [7, 11) is 0. The van der Waals surface area contributed by atoms with Crippen LogP contribution in [0.25, 0.3) is 0 Å². The second-order valence-electron chi connectivity index (χ2n) is 7.23. The zero-order valence-corrected chi connectivity index (χ0v) is 12.4. The van der Waals surface area contributed by atoms with E-state index in [1.54, 1.807) is 0 Å². The standard InChI is InChI=1S/C16H26N2O/c1-16(2,3)17-9-15-13(6-7-19-15)11-18-10-12-4-5-14(18)8-12/h6-7,12,14,17H,4-5,8-11H2,1-3H3. The molecule has 3 heteroatoms. The van der Waals surface area contributed by atoms with Gasteiger partial charge in [0.05, 0.1) is 12.8 Å². The third kappa shape index (κ3) is 3.03. The Kier molecular flexibility index (Phi) is 3.44. The largest absolute Gasteiger partial charge is 0.468 e. The third-order valence-corrected chi connectivity index (χ3v) is 4.51. The van der Waals surface area contributed by atoms with E-state index >= 15 is 0 Å². The molecule has 2 bridgehead atoms.